The fourth-order valence-electron chi connectivity index (χ4n) is 3.65. The Balaban J connectivity index is 1.55. The second-order valence-electron chi connectivity index (χ2n) is 6.86. The van der Waals surface area contributed by atoms with E-state index in [9.17, 15) is 8.42 Å². The summed E-state index contributed by atoms with van der Waals surface area (Å²) in [4.78, 5) is 0. The summed E-state index contributed by atoms with van der Waals surface area (Å²) in [5, 5.41) is 8.10. The Morgan fingerprint density at radius 1 is 0.920 bits per heavy atom. The SMILES string of the molecule is O=S(=O)(c1ccc(-c2nnc(C3CCCC3)o2)o1)N1CCCCCC1. The molecular formula is C17H23N3O4S. The van der Waals surface area contributed by atoms with Gasteiger partial charge in [0.25, 0.3) is 15.9 Å². The van der Waals surface area contributed by atoms with Crippen LogP contribution in [0.25, 0.3) is 11.7 Å². The maximum absolute atomic E-state index is 12.8. The van der Waals surface area contributed by atoms with Crippen LogP contribution >= 0.6 is 0 Å². The van der Waals surface area contributed by atoms with Gasteiger partial charge in [-0.2, -0.15) is 4.31 Å². The smallest absolute Gasteiger partial charge is 0.283 e. The first kappa shape index (κ1) is 16.8. The quantitative estimate of drug-likeness (QED) is 0.823. The molecule has 0 unspecified atom stereocenters. The third kappa shape index (κ3) is 3.37. The lowest BCUT2D eigenvalue weighted by molar-refractivity contribution is 0.382. The standard InChI is InChI=1S/C17H23N3O4S/c21-25(22,20-11-5-1-2-6-12-20)15-10-9-14(23-15)17-19-18-16(24-17)13-7-3-4-8-13/h9-10,13H,1-8,11-12H2. The molecule has 0 spiro atoms. The largest absolute Gasteiger partial charge is 0.438 e. The number of rotatable bonds is 4. The molecular weight excluding hydrogens is 342 g/mol. The molecule has 3 heterocycles. The molecule has 0 bridgehead atoms. The first-order valence-corrected chi connectivity index (χ1v) is 10.5. The molecule has 25 heavy (non-hydrogen) atoms. The van der Waals surface area contributed by atoms with E-state index < -0.39 is 10.0 Å². The molecule has 1 aliphatic heterocycles. The van der Waals surface area contributed by atoms with E-state index in [2.05, 4.69) is 10.2 Å². The lowest BCUT2D eigenvalue weighted by atomic mass is 10.1. The Labute approximate surface area is 147 Å². The molecule has 2 aliphatic rings. The molecule has 1 saturated carbocycles. The highest BCUT2D eigenvalue weighted by Crippen LogP contribution is 2.35. The zero-order valence-corrected chi connectivity index (χ0v) is 15.0. The Kier molecular flexibility index (Phi) is 4.64. The van der Waals surface area contributed by atoms with E-state index in [1.165, 1.54) is 23.2 Å². The van der Waals surface area contributed by atoms with Gasteiger partial charge in [-0.1, -0.05) is 25.7 Å². The van der Waals surface area contributed by atoms with Crippen LogP contribution < -0.4 is 0 Å². The van der Waals surface area contributed by atoms with Crippen LogP contribution in [0.4, 0.5) is 0 Å². The van der Waals surface area contributed by atoms with Crippen molar-refractivity contribution in [2.24, 2.45) is 0 Å². The molecule has 1 aliphatic carbocycles. The molecule has 0 N–H and O–H groups in total. The average molecular weight is 365 g/mol. The van der Waals surface area contributed by atoms with Crippen molar-refractivity contribution in [1.82, 2.24) is 14.5 Å². The van der Waals surface area contributed by atoms with Crippen molar-refractivity contribution in [2.45, 2.75) is 62.4 Å². The highest BCUT2D eigenvalue weighted by atomic mass is 32.2. The van der Waals surface area contributed by atoms with Gasteiger partial charge in [0.05, 0.1) is 0 Å². The predicted molar refractivity (Wildman–Crippen MR) is 90.4 cm³/mol. The lowest BCUT2D eigenvalue weighted by Gasteiger charge is -2.17. The van der Waals surface area contributed by atoms with Gasteiger partial charge >= 0.3 is 0 Å². The van der Waals surface area contributed by atoms with Gasteiger partial charge in [0.1, 0.15) is 0 Å². The molecule has 0 atom stereocenters. The normalized spacial score (nSPS) is 20.8. The van der Waals surface area contributed by atoms with Crippen molar-refractivity contribution in [3.05, 3.63) is 18.0 Å². The number of nitrogens with zero attached hydrogens (tertiary/aromatic N) is 3. The average Bonchev–Trinajstić information content (AvgIpc) is 3.31. The molecule has 2 aromatic rings. The van der Waals surface area contributed by atoms with Crippen molar-refractivity contribution in [1.29, 1.82) is 0 Å². The van der Waals surface area contributed by atoms with Crippen molar-refractivity contribution < 1.29 is 17.3 Å². The van der Waals surface area contributed by atoms with Crippen LogP contribution in [0.3, 0.4) is 0 Å². The Bertz CT molecular complexity index is 813. The minimum absolute atomic E-state index is 0.0509. The summed E-state index contributed by atoms with van der Waals surface area (Å²) in [7, 11) is -3.60. The van der Waals surface area contributed by atoms with Gasteiger partial charge in [0.15, 0.2) is 5.76 Å². The fourth-order valence-corrected chi connectivity index (χ4v) is 5.08. The van der Waals surface area contributed by atoms with E-state index >= 15 is 0 Å². The van der Waals surface area contributed by atoms with E-state index in [1.807, 2.05) is 0 Å². The first-order valence-electron chi connectivity index (χ1n) is 9.08. The van der Waals surface area contributed by atoms with Crippen LogP contribution in [0, 0.1) is 0 Å². The number of furan rings is 1. The maximum Gasteiger partial charge on any atom is 0.283 e. The highest BCUT2D eigenvalue weighted by Gasteiger charge is 2.29. The summed E-state index contributed by atoms with van der Waals surface area (Å²) in [6.45, 7) is 1.09. The third-order valence-corrected chi connectivity index (χ3v) is 6.87. The minimum Gasteiger partial charge on any atom is -0.438 e. The van der Waals surface area contributed by atoms with Crippen LogP contribution in [-0.4, -0.2) is 36.0 Å². The van der Waals surface area contributed by atoms with Gasteiger partial charge in [-0.3, -0.25) is 0 Å². The third-order valence-electron chi connectivity index (χ3n) is 5.10. The molecule has 4 rings (SSSR count). The van der Waals surface area contributed by atoms with Crippen molar-refractivity contribution in [3.8, 4) is 11.7 Å². The first-order chi connectivity index (χ1) is 12.1. The van der Waals surface area contributed by atoms with Crippen molar-refractivity contribution in [2.75, 3.05) is 13.1 Å². The summed E-state index contributed by atoms with van der Waals surface area (Å²) < 4.78 is 38.3. The van der Waals surface area contributed by atoms with Crippen LogP contribution in [0.15, 0.2) is 26.1 Å². The zero-order chi connectivity index (χ0) is 17.3. The van der Waals surface area contributed by atoms with Crippen LogP contribution in [0.1, 0.15) is 63.2 Å². The molecule has 2 fully saturated rings. The predicted octanol–water partition coefficient (Wildman–Crippen LogP) is 3.55. The summed E-state index contributed by atoms with van der Waals surface area (Å²) in [6, 6.07) is 3.08. The fraction of sp³-hybridized carbons (Fsp3) is 0.647. The van der Waals surface area contributed by atoms with Gasteiger partial charge in [-0.15, -0.1) is 10.2 Å². The minimum atomic E-state index is -3.60. The number of aromatic nitrogens is 2. The molecule has 136 valence electrons. The number of hydrogen-bond donors (Lipinski definition) is 0. The monoisotopic (exact) mass is 365 g/mol. The zero-order valence-electron chi connectivity index (χ0n) is 14.2. The lowest BCUT2D eigenvalue weighted by Crippen LogP contribution is -2.31. The van der Waals surface area contributed by atoms with Gasteiger partial charge in [0.2, 0.25) is 11.0 Å². The van der Waals surface area contributed by atoms with E-state index in [0.29, 0.717) is 30.7 Å². The summed E-state index contributed by atoms with van der Waals surface area (Å²) >= 11 is 0. The summed E-state index contributed by atoms with van der Waals surface area (Å²) in [5.41, 5.74) is 0. The summed E-state index contributed by atoms with van der Waals surface area (Å²) in [6.07, 6.45) is 8.41. The Hall–Kier alpha value is -1.67. The van der Waals surface area contributed by atoms with Crippen molar-refractivity contribution >= 4 is 10.0 Å². The Morgan fingerprint density at radius 3 is 2.36 bits per heavy atom. The van der Waals surface area contributed by atoms with Crippen LogP contribution in [0.2, 0.25) is 0 Å². The van der Waals surface area contributed by atoms with E-state index in [1.54, 1.807) is 6.07 Å². The van der Waals surface area contributed by atoms with E-state index in [4.69, 9.17) is 8.83 Å². The molecule has 0 amide bonds. The van der Waals surface area contributed by atoms with Gasteiger partial charge in [-0.25, -0.2) is 8.42 Å². The van der Waals surface area contributed by atoms with E-state index in [-0.39, 0.29) is 11.0 Å². The Morgan fingerprint density at radius 2 is 1.64 bits per heavy atom. The number of sulfonamides is 1. The molecule has 7 nitrogen and oxygen atoms in total. The molecule has 8 heteroatoms. The molecule has 2 aromatic heterocycles. The van der Waals surface area contributed by atoms with E-state index in [0.717, 1.165) is 38.5 Å². The second-order valence-corrected chi connectivity index (χ2v) is 8.73. The summed E-state index contributed by atoms with van der Waals surface area (Å²) in [5.74, 6) is 1.50. The second kappa shape index (κ2) is 6.92. The maximum atomic E-state index is 12.8. The van der Waals surface area contributed by atoms with Crippen LogP contribution in [0.5, 0.6) is 0 Å². The topological polar surface area (TPSA) is 89.4 Å². The highest BCUT2D eigenvalue weighted by molar-refractivity contribution is 7.89. The van der Waals surface area contributed by atoms with Gasteiger partial charge in [-0.05, 0) is 37.8 Å². The van der Waals surface area contributed by atoms with Gasteiger partial charge in [0, 0.05) is 19.0 Å². The van der Waals surface area contributed by atoms with Crippen LogP contribution in [-0.2, 0) is 10.0 Å². The molecule has 1 saturated heterocycles. The number of hydrogen-bond acceptors (Lipinski definition) is 6. The molecule has 0 aromatic carbocycles. The van der Waals surface area contributed by atoms with Crippen molar-refractivity contribution in [3.63, 3.8) is 0 Å². The molecule has 0 radical (unpaired) electrons. The van der Waals surface area contributed by atoms with Gasteiger partial charge < -0.3 is 8.83 Å².